The average molecular weight is 308 g/mol. The van der Waals surface area contributed by atoms with Gasteiger partial charge in [-0.15, -0.1) is 0 Å². The molecule has 98 valence electrons. The van der Waals surface area contributed by atoms with Crippen molar-refractivity contribution < 1.29 is 0 Å². The second-order valence-corrected chi connectivity index (χ2v) is 7.02. The van der Waals surface area contributed by atoms with Crippen molar-refractivity contribution in [1.82, 2.24) is 5.32 Å². The monoisotopic (exact) mass is 307 g/mol. The second-order valence-electron chi connectivity index (χ2n) is 6.10. The highest BCUT2D eigenvalue weighted by atomic mass is 79.9. The van der Waals surface area contributed by atoms with Crippen LogP contribution in [0.4, 0.5) is 0 Å². The van der Waals surface area contributed by atoms with E-state index in [2.05, 4.69) is 52.4 Å². The third-order valence-electron chi connectivity index (χ3n) is 4.77. The molecule has 2 atom stereocenters. The van der Waals surface area contributed by atoms with Gasteiger partial charge in [0.05, 0.1) is 0 Å². The van der Waals surface area contributed by atoms with E-state index in [4.69, 9.17) is 0 Å². The molecule has 0 aliphatic heterocycles. The molecule has 1 nitrogen and oxygen atoms in total. The van der Waals surface area contributed by atoms with Crippen LogP contribution in [0.1, 0.15) is 50.5 Å². The lowest BCUT2D eigenvalue weighted by atomic mass is 9.75. The number of halogens is 1. The molecule has 18 heavy (non-hydrogen) atoms. The van der Waals surface area contributed by atoms with Crippen LogP contribution in [0, 0.1) is 5.92 Å². The topological polar surface area (TPSA) is 12.0 Å². The highest BCUT2D eigenvalue weighted by molar-refractivity contribution is 9.10. The van der Waals surface area contributed by atoms with Gasteiger partial charge < -0.3 is 5.32 Å². The maximum atomic E-state index is 3.87. The minimum Gasteiger partial charge on any atom is -0.311 e. The summed E-state index contributed by atoms with van der Waals surface area (Å²) in [6.45, 7) is 2.40. The number of hydrogen-bond acceptors (Lipinski definition) is 1. The molecule has 0 aromatic heterocycles. The summed E-state index contributed by atoms with van der Waals surface area (Å²) in [6.07, 6.45) is 6.86. The smallest absolute Gasteiger partial charge is 0.0178 e. The van der Waals surface area contributed by atoms with E-state index in [1.165, 1.54) is 42.1 Å². The molecule has 2 heteroatoms. The number of nitrogens with one attached hydrogen (secondary N) is 1. The van der Waals surface area contributed by atoms with E-state index < -0.39 is 0 Å². The summed E-state index contributed by atoms with van der Waals surface area (Å²) in [5.74, 6) is 1.66. The van der Waals surface area contributed by atoms with Gasteiger partial charge in [0.1, 0.15) is 0 Å². The lowest BCUT2D eigenvalue weighted by Gasteiger charge is -2.39. The van der Waals surface area contributed by atoms with E-state index in [0.717, 1.165) is 23.9 Å². The van der Waals surface area contributed by atoms with Gasteiger partial charge in [0.15, 0.2) is 0 Å². The Morgan fingerprint density at radius 3 is 2.72 bits per heavy atom. The molecule has 1 N–H and O–H groups in total. The summed E-state index contributed by atoms with van der Waals surface area (Å²) in [5, 5.41) is 3.87. The zero-order chi connectivity index (χ0) is 12.5. The largest absolute Gasteiger partial charge is 0.311 e. The summed E-state index contributed by atoms with van der Waals surface area (Å²) in [4.78, 5) is 0. The molecule has 2 unspecified atom stereocenters. The van der Waals surface area contributed by atoms with Crippen LogP contribution in [-0.4, -0.2) is 12.1 Å². The van der Waals surface area contributed by atoms with Crippen LogP contribution in [0.2, 0.25) is 0 Å². The molecule has 1 aromatic rings. The minimum absolute atomic E-state index is 0.763. The molecule has 1 aromatic carbocycles. The van der Waals surface area contributed by atoms with Gasteiger partial charge in [-0.05, 0) is 55.2 Å². The first-order valence-corrected chi connectivity index (χ1v) is 8.03. The number of rotatable bonds is 3. The summed E-state index contributed by atoms with van der Waals surface area (Å²) in [5.41, 5.74) is 1.50. The fourth-order valence-electron chi connectivity index (χ4n) is 3.48. The normalized spacial score (nSPS) is 35.4. The van der Waals surface area contributed by atoms with Gasteiger partial charge in [0.25, 0.3) is 0 Å². The zero-order valence-corrected chi connectivity index (χ0v) is 12.6. The Morgan fingerprint density at radius 2 is 2.06 bits per heavy atom. The van der Waals surface area contributed by atoms with E-state index in [-0.39, 0.29) is 0 Å². The third-order valence-corrected chi connectivity index (χ3v) is 5.26. The van der Waals surface area contributed by atoms with Crippen molar-refractivity contribution in [2.75, 3.05) is 0 Å². The quantitative estimate of drug-likeness (QED) is 0.868. The summed E-state index contributed by atoms with van der Waals surface area (Å²) < 4.78 is 1.21. The highest BCUT2D eigenvalue weighted by Gasteiger charge is 2.33. The molecule has 0 amide bonds. The van der Waals surface area contributed by atoms with Crippen molar-refractivity contribution in [3.63, 3.8) is 0 Å². The first kappa shape index (κ1) is 12.7. The zero-order valence-electron chi connectivity index (χ0n) is 11.0. The minimum atomic E-state index is 0.763. The Kier molecular flexibility index (Phi) is 3.76. The summed E-state index contributed by atoms with van der Waals surface area (Å²) in [6, 6.07) is 10.4. The molecule has 2 fully saturated rings. The molecule has 0 spiro atoms. The highest BCUT2D eigenvalue weighted by Crippen LogP contribution is 2.39. The molecule has 0 bridgehead atoms. The van der Waals surface area contributed by atoms with Crippen LogP contribution in [0.3, 0.4) is 0 Å². The molecule has 2 aliphatic rings. The molecule has 3 rings (SSSR count). The van der Waals surface area contributed by atoms with E-state index in [1.807, 2.05) is 0 Å². The van der Waals surface area contributed by atoms with Crippen molar-refractivity contribution in [2.45, 2.75) is 57.0 Å². The molecule has 0 saturated heterocycles. The Morgan fingerprint density at radius 1 is 1.22 bits per heavy atom. The van der Waals surface area contributed by atoms with Gasteiger partial charge in [0.2, 0.25) is 0 Å². The van der Waals surface area contributed by atoms with Crippen molar-refractivity contribution in [2.24, 2.45) is 5.92 Å². The Bertz CT molecular complexity index is 411. The van der Waals surface area contributed by atoms with Gasteiger partial charge in [-0.2, -0.15) is 0 Å². The fraction of sp³-hybridized carbons (Fsp3) is 0.625. The van der Waals surface area contributed by atoms with Crippen LogP contribution in [0.25, 0.3) is 0 Å². The maximum Gasteiger partial charge on any atom is 0.0178 e. The van der Waals surface area contributed by atoms with Gasteiger partial charge in [0, 0.05) is 16.6 Å². The first-order chi connectivity index (χ1) is 8.72. The molecule has 0 heterocycles. The first-order valence-electron chi connectivity index (χ1n) is 7.24. The molecular formula is C16H22BrN. The van der Waals surface area contributed by atoms with Crippen molar-refractivity contribution in [3.05, 3.63) is 34.3 Å². The summed E-state index contributed by atoms with van der Waals surface area (Å²) in [7, 11) is 0. The molecule has 2 aliphatic carbocycles. The van der Waals surface area contributed by atoms with E-state index >= 15 is 0 Å². The van der Waals surface area contributed by atoms with Crippen LogP contribution < -0.4 is 5.32 Å². The van der Waals surface area contributed by atoms with Gasteiger partial charge in [-0.3, -0.25) is 0 Å². The van der Waals surface area contributed by atoms with Crippen LogP contribution in [-0.2, 0) is 0 Å². The van der Waals surface area contributed by atoms with Crippen LogP contribution >= 0.6 is 15.9 Å². The van der Waals surface area contributed by atoms with Crippen molar-refractivity contribution in [3.8, 4) is 0 Å². The molecule has 0 radical (unpaired) electrons. The number of benzene rings is 1. The lowest BCUT2D eigenvalue weighted by molar-refractivity contribution is 0.247. The van der Waals surface area contributed by atoms with Gasteiger partial charge >= 0.3 is 0 Å². The van der Waals surface area contributed by atoms with Crippen molar-refractivity contribution in [1.29, 1.82) is 0 Å². The van der Waals surface area contributed by atoms with E-state index in [9.17, 15) is 0 Å². The molecular weight excluding hydrogens is 286 g/mol. The van der Waals surface area contributed by atoms with Gasteiger partial charge in [-0.25, -0.2) is 0 Å². The third kappa shape index (κ3) is 2.65. The number of hydrogen-bond donors (Lipinski definition) is 1. The maximum absolute atomic E-state index is 3.87. The average Bonchev–Trinajstić information content (AvgIpc) is 2.69. The second kappa shape index (κ2) is 5.34. The summed E-state index contributed by atoms with van der Waals surface area (Å²) >= 11 is 3.56. The predicted molar refractivity (Wildman–Crippen MR) is 79.8 cm³/mol. The van der Waals surface area contributed by atoms with Crippen LogP contribution in [0.5, 0.6) is 0 Å². The Labute approximate surface area is 118 Å². The van der Waals surface area contributed by atoms with Gasteiger partial charge in [-0.1, -0.05) is 41.4 Å². The van der Waals surface area contributed by atoms with Crippen molar-refractivity contribution >= 4 is 15.9 Å². The predicted octanol–water partition coefficient (Wildman–Crippen LogP) is 4.47. The fourth-order valence-corrected chi connectivity index (χ4v) is 3.90. The Balaban J connectivity index is 1.51. The lowest BCUT2D eigenvalue weighted by Crippen LogP contribution is -2.46. The standard InChI is InChI=1S/C16H22BrN/c1-11-4-2-7-16(11)18-15-9-13(10-15)12-5-3-6-14(17)8-12/h3,5-6,8,11,13,15-16,18H,2,4,7,9-10H2,1H3. The SMILES string of the molecule is CC1CCCC1NC1CC(c2cccc(Br)c2)C1. The Hall–Kier alpha value is -0.340. The van der Waals surface area contributed by atoms with Crippen LogP contribution in [0.15, 0.2) is 28.7 Å². The van der Waals surface area contributed by atoms with E-state index in [0.29, 0.717) is 0 Å². The molecule has 2 saturated carbocycles. The van der Waals surface area contributed by atoms with E-state index in [1.54, 1.807) is 0 Å².